The molecule has 0 spiro atoms. The van der Waals surface area contributed by atoms with Crippen LogP contribution in [0.4, 0.5) is 0 Å². The van der Waals surface area contributed by atoms with Gasteiger partial charge in [0, 0.05) is 24.3 Å². The van der Waals surface area contributed by atoms with E-state index in [0.717, 1.165) is 0 Å². The fraction of sp³-hybridized carbons (Fsp3) is 0.333. The van der Waals surface area contributed by atoms with Crippen molar-refractivity contribution in [3.63, 3.8) is 0 Å². The quantitative estimate of drug-likeness (QED) is 0.655. The van der Waals surface area contributed by atoms with E-state index in [4.69, 9.17) is 5.11 Å². The predicted octanol–water partition coefficient (Wildman–Crippen LogP) is -0.144. The Hall–Kier alpha value is -1.01. The second-order valence-corrected chi connectivity index (χ2v) is 3.58. The Labute approximate surface area is 72.2 Å². The molecule has 1 rings (SSSR count). The molecule has 66 valence electrons. The number of carbonyl (C=O) groups is 1. The molecule has 0 aromatic carbocycles. The summed E-state index contributed by atoms with van der Waals surface area (Å²) in [4.78, 5) is 10.4. The molecule has 1 aromatic heterocycles. The van der Waals surface area contributed by atoms with Gasteiger partial charge in [0.2, 0.25) is 5.03 Å². The van der Waals surface area contributed by atoms with Gasteiger partial charge in [-0.15, -0.1) is 0 Å². The molecule has 1 aromatic rings. The Bertz CT molecular complexity index is 308. The zero-order chi connectivity index (χ0) is 9.30. The summed E-state index contributed by atoms with van der Waals surface area (Å²) in [5.74, 6) is -1.11. The standard InChI is InChI=1S/C6H8N2O3S/c1-8-5(12(2)11)3-4(7-8)6(9)10/h3H,1-2H3,(H,9,10). The Morgan fingerprint density at radius 1 is 1.83 bits per heavy atom. The molecule has 0 fully saturated rings. The zero-order valence-electron chi connectivity index (χ0n) is 6.64. The SMILES string of the molecule is Cn1nc(C(=O)O)cc1[S+](C)[O-]. The molecule has 0 aliphatic heterocycles. The molecule has 5 nitrogen and oxygen atoms in total. The minimum atomic E-state index is -1.20. The van der Waals surface area contributed by atoms with E-state index in [1.54, 1.807) is 7.05 Å². The van der Waals surface area contributed by atoms with Crippen LogP contribution < -0.4 is 0 Å². The maximum atomic E-state index is 11.0. The monoisotopic (exact) mass is 188 g/mol. The first kappa shape index (κ1) is 9.08. The second-order valence-electron chi connectivity index (χ2n) is 2.25. The highest BCUT2D eigenvalue weighted by molar-refractivity contribution is 7.90. The number of carboxylic acid groups (broad SMARTS) is 1. The van der Waals surface area contributed by atoms with Crippen molar-refractivity contribution in [3.05, 3.63) is 11.8 Å². The fourth-order valence-electron chi connectivity index (χ4n) is 0.824. The molecule has 0 saturated carbocycles. The van der Waals surface area contributed by atoms with E-state index in [-0.39, 0.29) is 5.69 Å². The van der Waals surface area contributed by atoms with Crippen molar-refractivity contribution in [3.8, 4) is 0 Å². The number of aromatic nitrogens is 2. The van der Waals surface area contributed by atoms with Gasteiger partial charge in [0.25, 0.3) is 0 Å². The molecule has 12 heavy (non-hydrogen) atoms. The van der Waals surface area contributed by atoms with Crippen LogP contribution in [0.2, 0.25) is 0 Å². The first-order valence-corrected chi connectivity index (χ1v) is 4.69. The van der Waals surface area contributed by atoms with Gasteiger partial charge in [-0.2, -0.15) is 5.10 Å². The highest BCUT2D eigenvalue weighted by Crippen LogP contribution is 2.09. The molecule has 0 radical (unpaired) electrons. The lowest BCUT2D eigenvalue weighted by Crippen LogP contribution is -2.05. The molecule has 1 heterocycles. The molecule has 6 heteroatoms. The zero-order valence-corrected chi connectivity index (χ0v) is 7.46. The normalized spacial score (nSPS) is 12.9. The Kier molecular flexibility index (Phi) is 2.39. The number of nitrogens with zero attached hydrogens (tertiary/aromatic N) is 2. The molecule has 0 aliphatic carbocycles. The molecule has 0 aliphatic rings. The number of carboxylic acids is 1. The third kappa shape index (κ3) is 1.59. The van der Waals surface area contributed by atoms with E-state index < -0.39 is 17.1 Å². The third-order valence-electron chi connectivity index (χ3n) is 1.35. The minimum Gasteiger partial charge on any atom is -0.610 e. The van der Waals surface area contributed by atoms with Crippen molar-refractivity contribution in [2.45, 2.75) is 5.03 Å². The van der Waals surface area contributed by atoms with Gasteiger partial charge in [-0.1, -0.05) is 0 Å². The topological polar surface area (TPSA) is 78.2 Å². The number of aryl methyl sites for hydroxylation is 1. The van der Waals surface area contributed by atoms with E-state index in [0.29, 0.717) is 5.03 Å². The van der Waals surface area contributed by atoms with Gasteiger partial charge in [0.1, 0.15) is 6.26 Å². The van der Waals surface area contributed by atoms with Crippen LogP contribution in [0.5, 0.6) is 0 Å². The summed E-state index contributed by atoms with van der Waals surface area (Å²) in [7, 11) is 1.56. The molecule has 0 bridgehead atoms. The van der Waals surface area contributed by atoms with Gasteiger partial charge in [-0.05, 0) is 0 Å². The van der Waals surface area contributed by atoms with Gasteiger partial charge < -0.3 is 9.66 Å². The number of hydrogen-bond acceptors (Lipinski definition) is 3. The number of aromatic carboxylic acids is 1. The first-order chi connectivity index (χ1) is 5.52. The molecular formula is C6H8N2O3S. The molecule has 1 atom stereocenters. The summed E-state index contributed by atoms with van der Waals surface area (Å²) in [5, 5.41) is 12.6. The lowest BCUT2D eigenvalue weighted by Gasteiger charge is -2.01. The second kappa shape index (κ2) is 3.16. The maximum absolute atomic E-state index is 11.0. The van der Waals surface area contributed by atoms with Gasteiger partial charge >= 0.3 is 5.97 Å². The predicted molar refractivity (Wildman–Crippen MR) is 42.5 cm³/mol. The fourth-order valence-corrected chi connectivity index (χ4v) is 1.51. The highest BCUT2D eigenvalue weighted by Gasteiger charge is 2.16. The lowest BCUT2D eigenvalue weighted by molar-refractivity contribution is 0.0689. The molecule has 1 N–H and O–H groups in total. The smallest absolute Gasteiger partial charge is 0.356 e. The van der Waals surface area contributed by atoms with Crippen LogP contribution in [0.15, 0.2) is 11.1 Å². The van der Waals surface area contributed by atoms with Crippen molar-refractivity contribution >= 4 is 17.1 Å². The average molecular weight is 188 g/mol. The largest absolute Gasteiger partial charge is 0.610 e. The summed E-state index contributed by atoms with van der Waals surface area (Å²) in [5.41, 5.74) is -0.0808. The van der Waals surface area contributed by atoms with E-state index in [9.17, 15) is 9.35 Å². The van der Waals surface area contributed by atoms with E-state index >= 15 is 0 Å². The summed E-state index contributed by atoms with van der Waals surface area (Å²) in [6, 6.07) is 1.30. The summed E-state index contributed by atoms with van der Waals surface area (Å²) in [6.45, 7) is 0. The molecular weight excluding hydrogens is 180 g/mol. The van der Waals surface area contributed by atoms with Gasteiger partial charge in [-0.25, -0.2) is 9.48 Å². The van der Waals surface area contributed by atoms with Crippen molar-refractivity contribution in [1.82, 2.24) is 9.78 Å². The van der Waals surface area contributed by atoms with Gasteiger partial charge in [-0.3, -0.25) is 0 Å². The first-order valence-electron chi connectivity index (χ1n) is 3.13. The van der Waals surface area contributed by atoms with E-state index in [2.05, 4.69) is 5.10 Å². The van der Waals surface area contributed by atoms with Crippen molar-refractivity contribution in [1.29, 1.82) is 0 Å². The van der Waals surface area contributed by atoms with Crippen LogP contribution in [0.1, 0.15) is 10.5 Å². The minimum absolute atomic E-state index is 0.0808. The Balaban J connectivity index is 3.09. The van der Waals surface area contributed by atoms with Crippen molar-refractivity contribution < 1.29 is 14.5 Å². The number of rotatable bonds is 2. The molecule has 0 saturated heterocycles. The molecule has 1 unspecified atom stereocenters. The summed E-state index contributed by atoms with van der Waals surface area (Å²) >= 11 is -1.20. The average Bonchev–Trinajstić information content (AvgIpc) is 2.30. The van der Waals surface area contributed by atoms with Crippen LogP contribution in [-0.2, 0) is 18.2 Å². The van der Waals surface area contributed by atoms with Crippen LogP contribution >= 0.6 is 0 Å². The molecule has 0 amide bonds. The van der Waals surface area contributed by atoms with Crippen LogP contribution in [0, 0.1) is 0 Å². The Morgan fingerprint density at radius 3 is 2.67 bits per heavy atom. The van der Waals surface area contributed by atoms with E-state index in [1.165, 1.54) is 17.0 Å². The van der Waals surface area contributed by atoms with Crippen LogP contribution in [0.25, 0.3) is 0 Å². The third-order valence-corrected chi connectivity index (χ3v) is 2.32. The lowest BCUT2D eigenvalue weighted by atomic mass is 10.4. The van der Waals surface area contributed by atoms with Crippen LogP contribution in [0.3, 0.4) is 0 Å². The maximum Gasteiger partial charge on any atom is 0.356 e. The van der Waals surface area contributed by atoms with Gasteiger partial charge in [0.15, 0.2) is 5.69 Å². The number of hydrogen-bond donors (Lipinski definition) is 1. The van der Waals surface area contributed by atoms with Crippen LogP contribution in [-0.4, -0.2) is 31.7 Å². The van der Waals surface area contributed by atoms with E-state index in [1.807, 2.05) is 0 Å². The summed E-state index contributed by atoms with van der Waals surface area (Å²) < 4.78 is 12.3. The summed E-state index contributed by atoms with van der Waals surface area (Å²) in [6.07, 6.45) is 1.47. The highest BCUT2D eigenvalue weighted by atomic mass is 32.2. The van der Waals surface area contributed by atoms with Crippen molar-refractivity contribution in [2.75, 3.05) is 6.26 Å². The van der Waals surface area contributed by atoms with Crippen molar-refractivity contribution in [2.24, 2.45) is 7.05 Å². The van der Waals surface area contributed by atoms with Gasteiger partial charge in [0.05, 0.1) is 0 Å². The Morgan fingerprint density at radius 2 is 2.42 bits per heavy atom.